The predicted molar refractivity (Wildman–Crippen MR) is 118 cm³/mol. The van der Waals surface area contributed by atoms with Crippen molar-refractivity contribution in [3.05, 3.63) is 52.2 Å². The number of aromatic nitrogens is 4. The fourth-order valence-electron chi connectivity index (χ4n) is 4.17. The zero-order chi connectivity index (χ0) is 21.2. The maximum Gasteiger partial charge on any atom is 0.261 e. The molecule has 2 aliphatic heterocycles. The largest absolute Gasteiger partial charge is 0.383 e. The number of ether oxygens (including phenoxy) is 2. The highest BCUT2D eigenvalue weighted by Gasteiger charge is 2.21. The van der Waals surface area contributed by atoms with Gasteiger partial charge in [-0.3, -0.25) is 9.36 Å². The third-order valence-corrected chi connectivity index (χ3v) is 6.00. The second-order valence-electron chi connectivity index (χ2n) is 7.89. The summed E-state index contributed by atoms with van der Waals surface area (Å²) in [5, 5.41) is 9.48. The fourth-order valence-corrected chi connectivity index (χ4v) is 4.17. The molecule has 1 aromatic carbocycles. The summed E-state index contributed by atoms with van der Waals surface area (Å²) in [7, 11) is 1.62. The van der Waals surface area contributed by atoms with E-state index in [1.165, 1.54) is 0 Å². The summed E-state index contributed by atoms with van der Waals surface area (Å²) in [6.45, 7) is 5.78. The van der Waals surface area contributed by atoms with Crippen LogP contribution in [0.3, 0.4) is 0 Å². The molecule has 3 aromatic rings. The minimum absolute atomic E-state index is 0.0339. The minimum atomic E-state index is -0.0339. The molecule has 162 valence electrons. The number of anilines is 2. The van der Waals surface area contributed by atoms with Gasteiger partial charge in [-0.2, -0.15) is 5.10 Å². The molecule has 0 atom stereocenters. The maximum atomic E-state index is 12.6. The van der Waals surface area contributed by atoms with Crippen LogP contribution in [0, 0.1) is 0 Å². The quantitative estimate of drug-likeness (QED) is 0.607. The van der Waals surface area contributed by atoms with Crippen LogP contribution in [0.15, 0.2) is 35.4 Å². The Morgan fingerprint density at radius 2 is 1.94 bits per heavy atom. The number of hydrogen-bond donors (Lipinski definition) is 0. The van der Waals surface area contributed by atoms with Crippen LogP contribution < -0.4 is 15.4 Å². The van der Waals surface area contributed by atoms with E-state index in [0.29, 0.717) is 25.1 Å². The Morgan fingerprint density at radius 1 is 1.10 bits per heavy atom. The van der Waals surface area contributed by atoms with Crippen molar-refractivity contribution in [2.45, 2.75) is 19.6 Å². The molecule has 0 N–H and O–H groups in total. The van der Waals surface area contributed by atoms with Gasteiger partial charge in [0.15, 0.2) is 5.82 Å². The van der Waals surface area contributed by atoms with Crippen molar-refractivity contribution in [3.8, 4) is 0 Å². The number of rotatable bonds is 5. The molecule has 5 rings (SSSR count). The molecular weight excluding hydrogens is 396 g/mol. The van der Waals surface area contributed by atoms with E-state index < -0.39 is 0 Å². The Morgan fingerprint density at radius 3 is 2.77 bits per heavy atom. The summed E-state index contributed by atoms with van der Waals surface area (Å²) in [4.78, 5) is 21.7. The van der Waals surface area contributed by atoms with Crippen molar-refractivity contribution in [3.63, 3.8) is 0 Å². The van der Waals surface area contributed by atoms with E-state index in [2.05, 4.69) is 31.0 Å². The number of nitrogens with zero attached hydrogens (tertiary/aromatic N) is 6. The molecule has 9 heteroatoms. The second kappa shape index (κ2) is 8.60. The van der Waals surface area contributed by atoms with E-state index in [9.17, 15) is 4.79 Å². The van der Waals surface area contributed by atoms with Crippen LogP contribution in [0.4, 0.5) is 11.5 Å². The fraction of sp³-hybridized carbons (Fsp3) is 0.455. The van der Waals surface area contributed by atoms with Crippen LogP contribution >= 0.6 is 0 Å². The van der Waals surface area contributed by atoms with Gasteiger partial charge in [-0.05, 0) is 24.3 Å². The number of benzene rings is 1. The van der Waals surface area contributed by atoms with Crippen molar-refractivity contribution in [2.75, 3.05) is 56.3 Å². The monoisotopic (exact) mass is 422 g/mol. The summed E-state index contributed by atoms with van der Waals surface area (Å²) in [5.74, 6) is 0.917. The zero-order valence-electron chi connectivity index (χ0n) is 17.7. The molecule has 9 nitrogen and oxygen atoms in total. The van der Waals surface area contributed by atoms with Gasteiger partial charge in [-0.1, -0.05) is 0 Å². The van der Waals surface area contributed by atoms with Crippen LogP contribution in [0.25, 0.3) is 10.9 Å². The first-order valence-electron chi connectivity index (χ1n) is 10.6. The minimum Gasteiger partial charge on any atom is -0.383 e. The normalized spacial score (nSPS) is 16.5. The maximum absolute atomic E-state index is 12.6. The molecule has 0 bridgehead atoms. The average molecular weight is 422 g/mol. The molecule has 1 saturated heterocycles. The molecule has 0 spiro atoms. The second-order valence-corrected chi connectivity index (χ2v) is 7.89. The highest BCUT2D eigenvalue weighted by atomic mass is 16.5. The van der Waals surface area contributed by atoms with E-state index in [1.54, 1.807) is 18.0 Å². The van der Waals surface area contributed by atoms with Crippen LogP contribution in [0.2, 0.25) is 0 Å². The first-order valence-corrected chi connectivity index (χ1v) is 10.6. The van der Waals surface area contributed by atoms with Crippen molar-refractivity contribution in [2.24, 2.45) is 0 Å². The molecule has 0 saturated carbocycles. The number of hydrogen-bond acceptors (Lipinski definition) is 8. The van der Waals surface area contributed by atoms with Crippen molar-refractivity contribution < 1.29 is 9.47 Å². The standard InChI is InChI=1S/C22H26N6O3/c1-30-11-9-28-15-23-20-13-17(2-3-18(20)22(28)29)26-5-7-27(8-6-26)21-12-16-14-31-10-4-19(16)24-25-21/h2-3,12-13,15H,4-11,14H2,1H3. The summed E-state index contributed by atoms with van der Waals surface area (Å²) in [5.41, 5.74) is 3.97. The molecular formula is C22H26N6O3. The number of fused-ring (bicyclic) bond motifs is 2. The molecule has 2 aromatic heterocycles. The number of piperazine rings is 1. The molecule has 0 unspecified atom stereocenters. The van der Waals surface area contributed by atoms with Crippen LogP contribution in [-0.2, 0) is 29.0 Å². The Balaban J connectivity index is 1.29. The van der Waals surface area contributed by atoms with Gasteiger partial charge in [0.2, 0.25) is 0 Å². The summed E-state index contributed by atoms with van der Waals surface area (Å²) >= 11 is 0. The lowest BCUT2D eigenvalue weighted by Crippen LogP contribution is -2.47. The smallest absolute Gasteiger partial charge is 0.261 e. The van der Waals surface area contributed by atoms with Gasteiger partial charge in [0.1, 0.15) is 0 Å². The van der Waals surface area contributed by atoms with Gasteiger partial charge in [-0.15, -0.1) is 5.10 Å². The summed E-state index contributed by atoms with van der Waals surface area (Å²) in [6, 6.07) is 8.01. The average Bonchev–Trinajstić information content (AvgIpc) is 2.83. The first-order chi connectivity index (χ1) is 15.2. The summed E-state index contributed by atoms with van der Waals surface area (Å²) < 4.78 is 12.2. The van der Waals surface area contributed by atoms with Crippen LogP contribution in [0.1, 0.15) is 11.3 Å². The van der Waals surface area contributed by atoms with E-state index in [0.717, 1.165) is 67.5 Å². The predicted octanol–water partition coefficient (Wildman–Crippen LogP) is 1.23. The van der Waals surface area contributed by atoms with Gasteiger partial charge in [0.05, 0.1) is 49.3 Å². The van der Waals surface area contributed by atoms with Crippen LogP contribution in [0.5, 0.6) is 0 Å². The van der Waals surface area contributed by atoms with Gasteiger partial charge in [-0.25, -0.2) is 4.98 Å². The Kier molecular flexibility index (Phi) is 5.52. The summed E-state index contributed by atoms with van der Waals surface area (Å²) in [6.07, 6.45) is 2.44. The van der Waals surface area contributed by atoms with Crippen molar-refractivity contribution in [1.29, 1.82) is 0 Å². The van der Waals surface area contributed by atoms with Gasteiger partial charge in [0.25, 0.3) is 5.56 Å². The lowest BCUT2D eigenvalue weighted by molar-refractivity contribution is 0.109. The molecule has 4 heterocycles. The third-order valence-electron chi connectivity index (χ3n) is 6.00. The van der Waals surface area contributed by atoms with Gasteiger partial charge < -0.3 is 19.3 Å². The molecule has 2 aliphatic rings. The molecule has 0 aliphatic carbocycles. The van der Waals surface area contributed by atoms with Crippen molar-refractivity contribution in [1.82, 2.24) is 19.7 Å². The SMILES string of the molecule is COCCn1cnc2cc(N3CCN(c4cc5c(nn4)CCOC5)CC3)ccc2c1=O. The molecule has 31 heavy (non-hydrogen) atoms. The third kappa shape index (κ3) is 3.98. The van der Waals surface area contributed by atoms with Crippen LogP contribution in [-0.4, -0.2) is 66.3 Å². The highest BCUT2D eigenvalue weighted by molar-refractivity contribution is 5.81. The Labute approximate surface area is 180 Å². The molecule has 1 fully saturated rings. The van der Waals surface area contributed by atoms with Gasteiger partial charge >= 0.3 is 0 Å². The van der Waals surface area contributed by atoms with Crippen molar-refractivity contribution >= 4 is 22.4 Å². The zero-order valence-corrected chi connectivity index (χ0v) is 17.7. The van der Waals surface area contributed by atoms with E-state index in [-0.39, 0.29) is 5.56 Å². The Hall–Kier alpha value is -3.04. The first kappa shape index (κ1) is 19.9. The lowest BCUT2D eigenvalue weighted by atomic mass is 10.1. The molecule has 0 radical (unpaired) electrons. The Bertz CT molecular complexity index is 1140. The van der Waals surface area contributed by atoms with E-state index >= 15 is 0 Å². The lowest BCUT2D eigenvalue weighted by Gasteiger charge is -2.36. The highest BCUT2D eigenvalue weighted by Crippen LogP contribution is 2.23. The van der Waals surface area contributed by atoms with E-state index in [4.69, 9.17) is 9.47 Å². The van der Waals surface area contributed by atoms with Gasteiger partial charge in [0, 0.05) is 51.0 Å². The topological polar surface area (TPSA) is 85.6 Å². The number of methoxy groups -OCH3 is 1. The van der Waals surface area contributed by atoms with E-state index in [1.807, 2.05) is 18.2 Å². The molecule has 0 amide bonds.